The molecule has 15 nitrogen and oxygen atoms in total. The Bertz CT molecular complexity index is 2480. The number of nitrogens with one attached hydrogen (secondary N) is 1. The number of hydrogen-bond acceptors (Lipinski definition) is 14. The Hall–Kier alpha value is -5.93. The smallest absolute Gasteiger partial charge is 0.312 e. The summed E-state index contributed by atoms with van der Waals surface area (Å²) in [5.74, 6) is -7.47. The predicted molar refractivity (Wildman–Crippen MR) is 217 cm³/mol. The number of aliphatic hydroxyl groups excluding tert-OH is 1. The molecule has 15 heteroatoms. The van der Waals surface area contributed by atoms with Crippen LogP contribution in [0.3, 0.4) is 0 Å². The van der Waals surface area contributed by atoms with Gasteiger partial charge in [-0.15, -0.1) is 0 Å². The molecule has 9 atom stereocenters. The van der Waals surface area contributed by atoms with E-state index in [1.54, 1.807) is 18.2 Å². The number of aliphatic hydroxyl groups is 1. The summed E-state index contributed by atoms with van der Waals surface area (Å²) in [5, 5.41) is 46.2. The fraction of sp³-hybridized carbons (Fsp3) is 0.432. The maximum absolute atomic E-state index is 14.6. The van der Waals surface area contributed by atoms with Gasteiger partial charge in [0.1, 0.15) is 46.0 Å². The Morgan fingerprint density at radius 2 is 1.64 bits per heavy atom. The summed E-state index contributed by atoms with van der Waals surface area (Å²) in [6.45, 7) is 15.2. The van der Waals surface area contributed by atoms with Crippen molar-refractivity contribution in [3.63, 3.8) is 0 Å². The van der Waals surface area contributed by atoms with Gasteiger partial charge in [-0.3, -0.25) is 19.2 Å². The van der Waals surface area contributed by atoms with Crippen LogP contribution in [0.4, 0.5) is 5.69 Å². The minimum absolute atomic E-state index is 0.0179. The number of phenols is 3. The number of Topliss-reactive ketones (excluding diaryl/α,β-unsaturated/α-hetero) is 1. The highest BCUT2D eigenvalue weighted by molar-refractivity contribution is 6.22. The van der Waals surface area contributed by atoms with E-state index in [0.29, 0.717) is 0 Å². The number of carbonyl (C=O) groups excluding carboxylic acids is 3. The predicted octanol–water partition coefficient (Wildman–Crippen LogP) is 6.64. The average Bonchev–Trinajstić information content (AvgIpc) is 3.45. The molecule has 314 valence electrons. The number of anilines is 1. The first-order valence-corrected chi connectivity index (χ1v) is 19.4. The number of ether oxygens (including phenoxy) is 4. The van der Waals surface area contributed by atoms with Gasteiger partial charge in [-0.05, 0) is 37.7 Å². The molecule has 0 spiro atoms. The van der Waals surface area contributed by atoms with Crippen LogP contribution >= 0.6 is 0 Å². The van der Waals surface area contributed by atoms with E-state index < -0.39 is 70.3 Å². The molecule has 6 rings (SSSR count). The molecule has 0 fully saturated rings. The largest absolute Gasteiger partial charge is 0.508 e. The molecule has 1 amide bonds. The molecule has 2 aromatic carbocycles. The van der Waals surface area contributed by atoms with Gasteiger partial charge in [0.2, 0.25) is 5.43 Å². The number of phenolic OH excluding ortho intramolecular Hbond substituents is 3. The number of esters is 1. The zero-order chi connectivity index (χ0) is 43.4. The highest BCUT2D eigenvalue weighted by Gasteiger charge is 2.50. The second-order valence-electron chi connectivity index (χ2n) is 15.9. The number of allylic oxidation sites excluding steroid dienone is 2. The van der Waals surface area contributed by atoms with E-state index in [-0.39, 0.29) is 85.2 Å². The van der Waals surface area contributed by atoms with Crippen LogP contribution in [0.2, 0.25) is 0 Å². The lowest BCUT2D eigenvalue weighted by Gasteiger charge is -2.39. The normalized spacial score (nSPS) is 30.1. The Kier molecular flexibility index (Phi) is 11.6. The fourth-order valence-electron chi connectivity index (χ4n) is 8.09. The second kappa shape index (κ2) is 16.0. The summed E-state index contributed by atoms with van der Waals surface area (Å²) in [5.41, 5.74) is -1.90. The van der Waals surface area contributed by atoms with Crippen molar-refractivity contribution in [3.8, 4) is 34.5 Å². The van der Waals surface area contributed by atoms with Crippen molar-refractivity contribution in [2.45, 2.75) is 86.4 Å². The number of fused-ring (bicyclic) bond motifs is 2. The van der Waals surface area contributed by atoms with Crippen molar-refractivity contribution in [3.05, 3.63) is 69.6 Å². The standard InChI is InChI=1S/C44H50N2O13/c1-18-12-11-13-19(2)43(54)46-35-38(52)31-30(34-41(35)58-29-17-26(48)16-27(49)33(29)45-34)32-40(24(7)37(31)51)59-44(9,42(32)53)56-15-14-28(55-10)23(6)39(57-25(8)47)22(5)20(3)21(4)36(18)50/h11-18,20-23,28,36,39,48-51H,1-10H3,(H,46,54)/b12-11+,15-14+,19-13-/t18-,20+,21-,22+,23+,28-,36-,39-,44-/m0/s1. The van der Waals surface area contributed by atoms with Crippen molar-refractivity contribution >= 4 is 45.2 Å². The number of carbonyl (C=O) groups is 3. The molecule has 0 saturated heterocycles. The number of hydrogen-bond donors (Lipinski definition) is 5. The lowest BCUT2D eigenvalue weighted by molar-refractivity contribution is -0.157. The maximum Gasteiger partial charge on any atom is 0.312 e. The number of methoxy groups -OCH3 is 1. The average molecular weight is 815 g/mol. The van der Waals surface area contributed by atoms with E-state index in [1.807, 2.05) is 34.6 Å². The van der Waals surface area contributed by atoms with Crippen molar-refractivity contribution in [2.75, 3.05) is 12.4 Å². The summed E-state index contributed by atoms with van der Waals surface area (Å²) >= 11 is 0. The number of aromatic nitrogens is 1. The quantitative estimate of drug-likeness (QED) is 0.0814. The van der Waals surface area contributed by atoms with E-state index in [4.69, 9.17) is 23.4 Å². The molecule has 4 bridgehead atoms. The van der Waals surface area contributed by atoms with Gasteiger partial charge in [-0.1, -0.05) is 52.8 Å². The molecule has 4 aliphatic rings. The second-order valence-corrected chi connectivity index (χ2v) is 15.9. The highest BCUT2D eigenvalue weighted by atomic mass is 16.7. The van der Waals surface area contributed by atoms with Crippen molar-refractivity contribution in [2.24, 2.45) is 29.6 Å². The van der Waals surface area contributed by atoms with Gasteiger partial charge in [0.25, 0.3) is 11.7 Å². The number of rotatable bonds is 2. The molecule has 0 saturated carbocycles. The molecular weight excluding hydrogens is 764 g/mol. The number of benzene rings is 3. The van der Waals surface area contributed by atoms with E-state index in [1.165, 1.54) is 47.1 Å². The van der Waals surface area contributed by atoms with Gasteiger partial charge >= 0.3 is 11.8 Å². The SMILES string of the molecule is CO[C@H]1/C=C/O[C@@]2(C)Oc3c(C)c(O)c4c(=O)c(c5oc6cc(O)cc(O)c6nc-5c4c3C2=O)NC(=O)/C(C)=C\C=C\[C@H](C)[C@H](O)[C@@H](C)[C@@H](C)[C@@H](C)[C@H](OC(C)=O)[C@@H]1C. The number of aromatic hydroxyl groups is 3. The van der Waals surface area contributed by atoms with E-state index in [2.05, 4.69) is 10.3 Å². The van der Waals surface area contributed by atoms with Gasteiger partial charge in [0.05, 0.1) is 29.4 Å². The molecule has 5 N–H and O–H groups in total. The third-order valence-electron chi connectivity index (χ3n) is 12.0. The van der Waals surface area contributed by atoms with Crippen LogP contribution in [0.1, 0.15) is 71.3 Å². The van der Waals surface area contributed by atoms with Crippen LogP contribution in [0.25, 0.3) is 33.3 Å². The van der Waals surface area contributed by atoms with Gasteiger partial charge in [-0.25, -0.2) is 4.98 Å². The van der Waals surface area contributed by atoms with Crippen molar-refractivity contribution in [1.82, 2.24) is 4.98 Å². The van der Waals surface area contributed by atoms with Crippen LogP contribution < -0.4 is 15.5 Å². The topological polar surface area (TPSA) is 224 Å². The van der Waals surface area contributed by atoms with Gasteiger partial charge < -0.3 is 49.1 Å². The third-order valence-corrected chi connectivity index (χ3v) is 12.0. The lowest BCUT2D eigenvalue weighted by Crippen LogP contribution is -2.43. The third kappa shape index (κ3) is 7.48. The summed E-state index contributed by atoms with van der Waals surface area (Å²) in [6, 6.07) is 2.18. The lowest BCUT2D eigenvalue weighted by atomic mass is 9.73. The van der Waals surface area contributed by atoms with E-state index in [0.717, 1.165) is 12.1 Å². The fourth-order valence-corrected chi connectivity index (χ4v) is 8.09. The number of nitrogens with zero attached hydrogens (tertiary/aromatic N) is 1. The molecule has 59 heavy (non-hydrogen) atoms. The zero-order valence-corrected chi connectivity index (χ0v) is 34.6. The Labute approximate surface area is 340 Å². The zero-order valence-electron chi connectivity index (χ0n) is 34.6. The van der Waals surface area contributed by atoms with Crippen LogP contribution in [0, 0.1) is 36.5 Å². The van der Waals surface area contributed by atoms with Crippen molar-refractivity contribution in [1.29, 1.82) is 0 Å². The maximum atomic E-state index is 14.6. The molecular formula is C44H50N2O13. The Morgan fingerprint density at radius 1 is 0.949 bits per heavy atom. The van der Waals surface area contributed by atoms with Gasteiger partial charge in [-0.2, -0.15) is 0 Å². The molecule has 3 heterocycles. The van der Waals surface area contributed by atoms with E-state index >= 15 is 0 Å². The molecule has 3 aliphatic heterocycles. The minimum Gasteiger partial charge on any atom is -0.508 e. The van der Waals surface area contributed by atoms with Gasteiger partial charge in [0, 0.05) is 61.4 Å². The van der Waals surface area contributed by atoms with Gasteiger partial charge in [0.15, 0.2) is 11.3 Å². The molecule has 2 aromatic rings. The molecule has 0 radical (unpaired) electrons. The Balaban J connectivity index is 1.60. The van der Waals surface area contributed by atoms with Crippen molar-refractivity contribution < 1.29 is 58.2 Å². The van der Waals surface area contributed by atoms with Crippen LogP contribution in [-0.4, -0.2) is 74.3 Å². The molecule has 0 aromatic heterocycles. The van der Waals surface area contributed by atoms with Crippen LogP contribution in [-0.2, 0) is 23.8 Å². The Morgan fingerprint density at radius 3 is 2.31 bits per heavy atom. The first-order chi connectivity index (χ1) is 27.7. The monoisotopic (exact) mass is 814 g/mol. The molecule has 0 unspecified atom stereocenters. The first kappa shape index (κ1) is 42.7. The highest BCUT2D eigenvalue weighted by Crippen LogP contribution is 2.51. The summed E-state index contributed by atoms with van der Waals surface area (Å²) < 4.78 is 30.0. The first-order valence-electron chi connectivity index (χ1n) is 19.4. The summed E-state index contributed by atoms with van der Waals surface area (Å²) in [6.07, 6.45) is 5.43. The van der Waals surface area contributed by atoms with E-state index in [9.17, 15) is 39.6 Å². The summed E-state index contributed by atoms with van der Waals surface area (Å²) in [7, 11) is 1.48. The number of amides is 1. The van der Waals surface area contributed by atoms with Crippen LogP contribution in [0.5, 0.6) is 23.0 Å². The van der Waals surface area contributed by atoms with Crippen LogP contribution in [0.15, 0.2) is 57.5 Å². The number of ketones is 1. The minimum atomic E-state index is -2.06. The summed E-state index contributed by atoms with van der Waals surface area (Å²) in [4.78, 5) is 59.8. The molecule has 1 aliphatic carbocycles.